The molecule has 1 aromatic carbocycles. The summed E-state index contributed by atoms with van der Waals surface area (Å²) in [4.78, 5) is 11.0. The third kappa shape index (κ3) is 14.1. The molecule has 0 heterocycles. The molecule has 154 valence electrons. The highest BCUT2D eigenvalue weighted by molar-refractivity contribution is 5.68. The molecule has 0 unspecified atom stereocenters. The van der Waals surface area contributed by atoms with Crippen molar-refractivity contribution in [2.24, 2.45) is 0 Å². The van der Waals surface area contributed by atoms with Crippen LogP contribution in [0.25, 0.3) is 0 Å². The summed E-state index contributed by atoms with van der Waals surface area (Å²) in [6, 6.07) is 6.99. The zero-order valence-corrected chi connectivity index (χ0v) is 17.1. The molecular formula is C23H38O4. The SMILES string of the molecule is COC(=O)CCCCCCCCCCCCCCCOc1cccc(O)c1. The first kappa shape index (κ1) is 23.3. The minimum Gasteiger partial charge on any atom is -0.508 e. The maximum Gasteiger partial charge on any atom is 0.305 e. The van der Waals surface area contributed by atoms with Crippen LogP contribution < -0.4 is 4.74 Å². The molecule has 0 radical (unpaired) electrons. The molecular weight excluding hydrogens is 340 g/mol. The minimum absolute atomic E-state index is 0.0843. The van der Waals surface area contributed by atoms with Gasteiger partial charge in [-0.15, -0.1) is 0 Å². The second kappa shape index (κ2) is 16.5. The van der Waals surface area contributed by atoms with Crippen LogP contribution in [-0.4, -0.2) is 24.8 Å². The number of phenolic OH excluding ortho intramolecular Hbond substituents is 1. The standard InChI is InChI=1S/C23H38O4/c1-26-23(25)18-13-11-9-7-5-3-2-4-6-8-10-12-14-19-27-22-17-15-16-21(24)20-22/h15-17,20,24H,2-14,18-19H2,1H3. The monoisotopic (exact) mass is 378 g/mol. The molecule has 0 aliphatic carbocycles. The lowest BCUT2D eigenvalue weighted by Gasteiger charge is -2.06. The molecule has 0 aliphatic rings. The van der Waals surface area contributed by atoms with E-state index in [-0.39, 0.29) is 11.7 Å². The van der Waals surface area contributed by atoms with E-state index in [0.29, 0.717) is 6.42 Å². The first-order chi connectivity index (χ1) is 13.2. The Morgan fingerprint density at radius 1 is 0.815 bits per heavy atom. The number of benzene rings is 1. The number of esters is 1. The molecule has 0 saturated heterocycles. The Morgan fingerprint density at radius 3 is 1.85 bits per heavy atom. The highest BCUT2D eigenvalue weighted by atomic mass is 16.5. The van der Waals surface area contributed by atoms with Gasteiger partial charge in [0.1, 0.15) is 11.5 Å². The second-order valence-electron chi connectivity index (χ2n) is 7.27. The summed E-state index contributed by atoms with van der Waals surface area (Å²) in [5.74, 6) is 0.920. The van der Waals surface area contributed by atoms with E-state index in [4.69, 9.17) is 4.74 Å². The van der Waals surface area contributed by atoms with Crippen LogP contribution in [0.4, 0.5) is 0 Å². The molecule has 27 heavy (non-hydrogen) atoms. The molecule has 0 spiro atoms. The molecule has 1 rings (SSSR count). The van der Waals surface area contributed by atoms with Crippen LogP contribution in [0.5, 0.6) is 11.5 Å². The Hall–Kier alpha value is -1.71. The van der Waals surface area contributed by atoms with Crippen molar-refractivity contribution in [3.05, 3.63) is 24.3 Å². The van der Waals surface area contributed by atoms with Crippen LogP contribution in [-0.2, 0) is 9.53 Å². The Labute approximate surface area is 165 Å². The topological polar surface area (TPSA) is 55.8 Å². The van der Waals surface area contributed by atoms with Gasteiger partial charge in [0.05, 0.1) is 13.7 Å². The fourth-order valence-corrected chi connectivity index (χ4v) is 3.18. The molecule has 4 nitrogen and oxygen atoms in total. The zero-order chi connectivity index (χ0) is 19.6. The van der Waals surface area contributed by atoms with Gasteiger partial charge < -0.3 is 14.6 Å². The van der Waals surface area contributed by atoms with Gasteiger partial charge in [-0.1, -0.05) is 76.7 Å². The van der Waals surface area contributed by atoms with Crippen LogP contribution in [0.2, 0.25) is 0 Å². The van der Waals surface area contributed by atoms with Gasteiger partial charge in [-0.25, -0.2) is 0 Å². The Balaban J connectivity index is 1.75. The summed E-state index contributed by atoms with van der Waals surface area (Å²) < 4.78 is 10.3. The van der Waals surface area contributed by atoms with E-state index in [1.54, 1.807) is 18.2 Å². The lowest BCUT2D eigenvalue weighted by Crippen LogP contribution is -1.99. The van der Waals surface area contributed by atoms with Gasteiger partial charge in [-0.2, -0.15) is 0 Å². The first-order valence-corrected chi connectivity index (χ1v) is 10.7. The minimum atomic E-state index is -0.0843. The predicted molar refractivity (Wildman–Crippen MR) is 110 cm³/mol. The van der Waals surface area contributed by atoms with Gasteiger partial charge in [0.2, 0.25) is 0 Å². The number of methoxy groups -OCH3 is 1. The third-order valence-corrected chi connectivity index (χ3v) is 4.84. The van der Waals surface area contributed by atoms with Crippen LogP contribution in [0, 0.1) is 0 Å². The molecule has 0 saturated carbocycles. The van der Waals surface area contributed by atoms with E-state index >= 15 is 0 Å². The summed E-state index contributed by atoms with van der Waals surface area (Å²) in [6.45, 7) is 0.725. The number of hydrogen-bond acceptors (Lipinski definition) is 4. The van der Waals surface area contributed by atoms with Gasteiger partial charge in [-0.3, -0.25) is 4.79 Å². The van der Waals surface area contributed by atoms with E-state index in [1.165, 1.54) is 71.3 Å². The fraction of sp³-hybridized carbons (Fsp3) is 0.696. The van der Waals surface area contributed by atoms with Crippen molar-refractivity contribution in [3.8, 4) is 11.5 Å². The van der Waals surface area contributed by atoms with Crippen LogP contribution in [0.1, 0.15) is 89.9 Å². The number of aromatic hydroxyl groups is 1. The van der Waals surface area contributed by atoms with Gasteiger partial charge in [0.25, 0.3) is 0 Å². The molecule has 0 fully saturated rings. The van der Waals surface area contributed by atoms with E-state index in [9.17, 15) is 9.90 Å². The van der Waals surface area contributed by atoms with Gasteiger partial charge >= 0.3 is 5.97 Å². The molecule has 0 amide bonds. The van der Waals surface area contributed by atoms with E-state index in [2.05, 4.69) is 4.74 Å². The number of phenols is 1. The van der Waals surface area contributed by atoms with Crippen molar-refractivity contribution in [1.29, 1.82) is 0 Å². The molecule has 1 N–H and O–H groups in total. The largest absolute Gasteiger partial charge is 0.508 e. The molecule has 0 aromatic heterocycles. The Bertz CT molecular complexity index is 487. The van der Waals surface area contributed by atoms with Crippen molar-refractivity contribution in [2.75, 3.05) is 13.7 Å². The lowest BCUT2D eigenvalue weighted by molar-refractivity contribution is -0.140. The second-order valence-corrected chi connectivity index (χ2v) is 7.27. The van der Waals surface area contributed by atoms with E-state index in [1.807, 2.05) is 6.07 Å². The van der Waals surface area contributed by atoms with E-state index < -0.39 is 0 Å². The number of carbonyl (C=O) groups excluding carboxylic acids is 1. The Kier molecular flexibility index (Phi) is 14.2. The summed E-state index contributed by atoms with van der Waals surface area (Å²) in [5, 5.41) is 9.37. The summed E-state index contributed by atoms with van der Waals surface area (Å²) >= 11 is 0. The fourth-order valence-electron chi connectivity index (χ4n) is 3.18. The number of unbranched alkanes of at least 4 members (excludes halogenated alkanes) is 12. The summed E-state index contributed by atoms with van der Waals surface area (Å²) in [7, 11) is 1.45. The number of carbonyl (C=O) groups is 1. The van der Waals surface area contributed by atoms with Crippen LogP contribution in [0.3, 0.4) is 0 Å². The van der Waals surface area contributed by atoms with Crippen LogP contribution >= 0.6 is 0 Å². The quantitative estimate of drug-likeness (QED) is 0.251. The van der Waals surface area contributed by atoms with Gasteiger partial charge in [0.15, 0.2) is 0 Å². The van der Waals surface area contributed by atoms with Gasteiger partial charge in [0, 0.05) is 12.5 Å². The molecule has 1 aromatic rings. The number of rotatable bonds is 17. The van der Waals surface area contributed by atoms with Crippen molar-refractivity contribution in [3.63, 3.8) is 0 Å². The summed E-state index contributed by atoms with van der Waals surface area (Å²) in [6.07, 6.45) is 16.8. The molecule has 0 atom stereocenters. The first-order valence-electron chi connectivity index (χ1n) is 10.7. The average molecular weight is 379 g/mol. The maximum absolute atomic E-state index is 11.0. The smallest absolute Gasteiger partial charge is 0.305 e. The van der Waals surface area contributed by atoms with Crippen molar-refractivity contribution in [2.45, 2.75) is 89.9 Å². The Morgan fingerprint density at radius 2 is 1.33 bits per heavy atom. The van der Waals surface area contributed by atoms with Gasteiger partial charge in [-0.05, 0) is 25.0 Å². The molecule has 0 aliphatic heterocycles. The highest BCUT2D eigenvalue weighted by Gasteiger charge is 1.99. The normalized spacial score (nSPS) is 10.7. The third-order valence-electron chi connectivity index (χ3n) is 4.84. The van der Waals surface area contributed by atoms with E-state index in [0.717, 1.165) is 31.6 Å². The molecule has 0 bridgehead atoms. The van der Waals surface area contributed by atoms with Crippen molar-refractivity contribution in [1.82, 2.24) is 0 Å². The highest BCUT2D eigenvalue weighted by Crippen LogP contribution is 2.18. The van der Waals surface area contributed by atoms with Crippen LogP contribution in [0.15, 0.2) is 24.3 Å². The number of ether oxygens (including phenoxy) is 2. The predicted octanol–water partition coefficient (Wildman–Crippen LogP) is 6.41. The lowest BCUT2D eigenvalue weighted by atomic mass is 10.0. The van der Waals surface area contributed by atoms with Crippen molar-refractivity contribution < 1.29 is 19.4 Å². The average Bonchev–Trinajstić information content (AvgIpc) is 2.67. The van der Waals surface area contributed by atoms with Crippen molar-refractivity contribution >= 4 is 5.97 Å². The molecule has 4 heteroatoms. The maximum atomic E-state index is 11.0. The zero-order valence-electron chi connectivity index (χ0n) is 17.1. The number of hydrogen-bond donors (Lipinski definition) is 1. The summed E-state index contributed by atoms with van der Waals surface area (Å²) in [5.41, 5.74) is 0.